The molecule has 0 bridgehead atoms. The molecule has 1 aliphatic carbocycles. The highest BCUT2D eigenvalue weighted by atomic mass is 16.6. The summed E-state index contributed by atoms with van der Waals surface area (Å²) >= 11 is 0. The number of aliphatic hydroxyl groups is 1. The molecule has 1 fully saturated rings. The maximum absolute atomic E-state index is 12.0. The minimum atomic E-state index is -0.293. The fourth-order valence-corrected chi connectivity index (χ4v) is 2.51. The van der Waals surface area contributed by atoms with Crippen molar-refractivity contribution in [1.82, 2.24) is 4.90 Å². The number of carbonyl (C=O) groups excluding carboxylic acids is 1. The van der Waals surface area contributed by atoms with Gasteiger partial charge in [0.25, 0.3) is 0 Å². The SMILES string of the molecule is CC(C)(C)N(C(=O)OCCO)C1CCCCC1. The number of hydrogen-bond acceptors (Lipinski definition) is 3. The third kappa shape index (κ3) is 4.19. The highest BCUT2D eigenvalue weighted by Crippen LogP contribution is 2.28. The molecule has 4 heteroatoms. The van der Waals surface area contributed by atoms with Crippen molar-refractivity contribution in [3.05, 3.63) is 0 Å². The van der Waals surface area contributed by atoms with Gasteiger partial charge in [0, 0.05) is 11.6 Å². The number of amides is 1. The van der Waals surface area contributed by atoms with Crippen LogP contribution < -0.4 is 0 Å². The first-order chi connectivity index (χ1) is 7.96. The Hall–Kier alpha value is -0.770. The Morgan fingerprint density at radius 3 is 2.35 bits per heavy atom. The third-order valence-electron chi connectivity index (χ3n) is 3.18. The Bertz CT molecular complexity index is 242. The summed E-state index contributed by atoms with van der Waals surface area (Å²) in [6, 6.07) is 0.287. The van der Waals surface area contributed by atoms with Gasteiger partial charge in [0.2, 0.25) is 0 Å². The second-order valence-corrected chi connectivity index (χ2v) is 5.67. The van der Waals surface area contributed by atoms with Crippen molar-refractivity contribution in [2.24, 2.45) is 0 Å². The zero-order valence-corrected chi connectivity index (χ0v) is 11.2. The van der Waals surface area contributed by atoms with E-state index in [4.69, 9.17) is 9.84 Å². The zero-order valence-electron chi connectivity index (χ0n) is 11.2. The van der Waals surface area contributed by atoms with E-state index in [1.807, 2.05) is 25.7 Å². The summed E-state index contributed by atoms with van der Waals surface area (Å²) in [5, 5.41) is 8.71. The molecule has 100 valence electrons. The van der Waals surface area contributed by atoms with Crippen LogP contribution in [0.25, 0.3) is 0 Å². The molecule has 0 saturated heterocycles. The fourth-order valence-electron chi connectivity index (χ4n) is 2.51. The molecule has 1 rings (SSSR count). The third-order valence-corrected chi connectivity index (χ3v) is 3.18. The van der Waals surface area contributed by atoms with E-state index in [2.05, 4.69) is 0 Å². The van der Waals surface area contributed by atoms with E-state index in [-0.39, 0.29) is 30.9 Å². The minimum absolute atomic E-state index is 0.0815. The average molecular weight is 243 g/mol. The maximum Gasteiger partial charge on any atom is 0.410 e. The highest BCUT2D eigenvalue weighted by molar-refractivity contribution is 5.69. The number of rotatable bonds is 3. The average Bonchev–Trinajstić information content (AvgIpc) is 2.26. The van der Waals surface area contributed by atoms with Gasteiger partial charge in [0.05, 0.1) is 6.61 Å². The van der Waals surface area contributed by atoms with Gasteiger partial charge in [0.15, 0.2) is 0 Å². The Labute approximate surface area is 104 Å². The number of nitrogens with zero attached hydrogens (tertiary/aromatic N) is 1. The second-order valence-electron chi connectivity index (χ2n) is 5.67. The van der Waals surface area contributed by atoms with E-state index in [0.717, 1.165) is 12.8 Å². The van der Waals surface area contributed by atoms with Gasteiger partial charge in [-0.1, -0.05) is 19.3 Å². The van der Waals surface area contributed by atoms with Gasteiger partial charge in [-0.3, -0.25) is 0 Å². The van der Waals surface area contributed by atoms with Crippen molar-refractivity contribution >= 4 is 6.09 Å². The lowest BCUT2D eigenvalue weighted by Crippen LogP contribution is -2.52. The van der Waals surface area contributed by atoms with E-state index >= 15 is 0 Å². The Kier molecular flexibility index (Phi) is 5.25. The molecule has 4 nitrogen and oxygen atoms in total. The molecule has 0 spiro atoms. The van der Waals surface area contributed by atoms with Crippen molar-refractivity contribution < 1.29 is 14.6 Å². The van der Waals surface area contributed by atoms with Crippen molar-refractivity contribution in [2.45, 2.75) is 64.5 Å². The van der Waals surface area contributed by atoms with Crippen LogP contribution in [0.5, 0.6) is 0 Å². The lowest BCUT2D eigenvalue weighted by molar-refractivity contribution is 0.0263. The van der Waals surface area contributed by atoms with Crippen LogP contribution in [0.4, 0.5) is 4.79 Å². The summed E-state index contributed by atoms with van der Waals surface area (Å²) in [4.78, 5) is 13.9. The van der Waals surface area contributed by atoms with Crippen LogP contribution in [-0.4, -0.2) is 40.9 Å². The van der Waals surface area contributed by atoms with Crippen LogP contribution in [0.2, 0.25) is 0 Å². The van der Waals surface area contributed by atoms with Gasteiger partial charge in [-0.2, -0.15) is 0 Å². The Morgan fingerprint density at radius 2 is 1.88 bits per heavy atom. The van der Waals surface area contributed by atoms with Gasteiger partial charge in [-0.05, 0) is 33.6 Å². The molecule has 0 radical (unpaired) electrons. The first-order valence-electron chi connectivity index (χ1n) is 6.54. The molecule has 0 aromatic heterocycles. The second kappa shape index (κ2) is 6.24. The molecule has 0 aliphatic heterocycles. The molecule has 0 atom stereocenters. The topological polar surface area (TPSA) is 49.8 Å². The van der Waals surface area contributed by atoms with E-state index in [1.54, 1.807) is 0 Å². The predicted octanol–water partition coefficient (Wildman–Crippen LogP) is 2.55. The Balaban J connectivity index is 2.69. The van der Waals surface area contributed by atoms with Crippen LogP contribution in [0.1, 0.15) is 52.9 Å². The molecular formula is C13H25NO3. The summed E-state index contributed by atoms with van der Waals surface area (Å²) in [6.45, 7) is 6.05. The number of aliphatic hydroxyl groups excluding tert-OH is 1. The van der Waals surface area contributed by atoms with Gasteiger partial charge < -0.3 is 14.7 Å². The highest BCUT2D eigenvalue weighted by Gasteiger charge is 2.34. The summed E-state index contributed by atoms with van der Waals surface area (Å²) in [6.07, 6.45) is 5.46. The molecule has 0 heterocycles. The number of carbonyl (C=O) groups is 1. The van der Waals surface area contributed by atoms with E-state index in [9.17, 15) is 4.79 Å². The van der Waals surface area contributed by atoms with Crippen LogP contribution in [-0.2, 0) is 4.74 Å². The molecular weight excluding hydrogens is 218 g/mol. The van der Waals surface area contributed by atoms with Crippen LogP contribution in [0, 0.1) is 0 Å². The van der Waals surface area contributed by atoms with Gasteiger partial charge in [0.1, 0.15) is 6.61 Å². The van der Waals surface area contributed by atoms with Gasteiger partial charge in [-0.25, -0.2) is 4.79 Å². The minimum Gasteiger partial charge on any atom is -0.447 e. The molecule has 0 aromatic carbocycles. The standard InChI is InChI=1S/C13H25NO3/c1-13(2,3)14(12(16)17-10-9-15)11-7-5-4-6-8-11/h11,15H,4-10H2,1-3H3. The van der Waals surface area contributed by atoms with E-state index < -0.39 is 0 Å². The van der Waals surface area contributed by atoms with Gasteiger partial charge in [-0.15, -0.1) is 0 Å². The lowest BCUT2D eigenvalue weighted by Gasteiger charge is -2.42. The summed E-state index contributed by atoms with van der Waals surface area (Å²) in [5.74, 6) is 0. The van der Waals surface area contributed by atoms with E-state index in [0.29, 0.717) is 0 Å². The van der Waals surface area contributed by atoms with Crippen LogP contribution >= 0.6 is 0 Å². The van der Waals surface area contributed by atoms with Gasteiger partial charge >= 0.3 is 6.09 Å². The summed E-state index contributed by atoms with van der Waals surface area (Å²) in [7, 11) is 0. The van der Waals surface area contributed by atoms with E-state index in [1.165, 1.54) is 19.3 Å². The van der Waals surface area contributed by atoms with Crippen LogP contribution in [0.15, 0.2) is 0 Å². The first-order valence-corrected chi connectivity index (χ1v) is 6.54. The first kappa shape index (κ1) is 14.3. The summed E-state index contributed by atoms with van der Waals surface area (Å²) in [5.41, 5.74) is -0.228. The van der Waals surface area contributed by atoms with Crippen molar-refractivity contribution in [3.63, 3.8) is 0 Å². The summed E-state index contributed by atoms with van der Waals surface area (Å²) < 4.78 is 5.07. The lowest BCUT2D eigenvalue weighted by atomic mass is 9.91. The molecule has 0 unspecified atom stereocenters. The predicted molar refractivity (Wildman–Crippen MR) is 66.9 cm³/mol. The maximum atomic E-state index is 12.0. The molecule has 1 saturated carbocycles. The quantitative estimate of drug-likeness (QED) is 0.828. The molecule has 1 N–H and O–H groups in total. The molecule has 1 aliphatic rings. The zero-order chi connectivity index (χ0) is 12.9. The van der Waals surface area contributed by atoms with Crippen LogP contribution in [0.3, 0.4) is 0 Å². The number of ether oxygens (including phenoxy) is 1. The number of hydrogen-bond donors (Lipinski definition) is 1. The fraction of sp³-hybridized carbons (Fsp3) is 0.923. The van der Waals surface area contributed by atoms with Crippen molar-refractivity contribution in [3.8, 4) is 0 Å². The molecule has 1 amide bonds. The normalized spacial score (nSPS) is 17.9. The monoisotopic (exact) mass is 243 g/mol. The molecule has 17 heavy (non-hydrogen) atoms. The molecule has 0 aromatic rings. The van der Waals surface area contributed by atoms with Crippen molar-refractivity contribution in [2.75, 3.05) is 13.2 Å². The van der Waals surface area contributed by atoms with Crippen molar-refractivity contribution in [1.29, 1.82) is 0 Å². The largest absolute Gasteiger partial charge is 0.447 e. The smallest absolute Gasteiger partial charge is 0.410 e. The Morgan fingerprint density at radius 1 is 1.29 bits per heavy atom.